The number of aromatic nitrogens is 1. The summed E-state index contributed by atoms with van der Waals surface area (Å²) >= 11 is 0. The Kier molecular flexibility index (Phi) is 3.60. The van der Waals surface area contributed by atoms with Crippen LogP contribution in [0.15, 0.2) is 30.5 Å². The number of benzene rings is 1. The van der Waals surface area contributed by atoms with Gasteiger partial charge in [0.2, 0.25) is 0 Å². The SMILES string of the molecule is Cc1cn(Cc2ccc(C(C)C)cc2)c(C)c1C. The van der Waals surface area contributed by atoms with E-state index in [1.807, 2.05) is 0 Å². The molecule has 0 bridgehead atoms. The molecular weight excluding hydrogens is 218 g/mol. The topological polar surface area (TPSA) is 4.93 Å². The van der Waals surface area contributed by atoms with E-state index in [0.29, 0.717) is 5.92 Å². The molecule has 1 aromatic heterocycles. The van der Waals surface area contributed by atoms with E-state index < -0.39 is 0 Å². The third-order valence-corrected chi connectivity index (χ3v) is 3.91. The van der Waals surface area contributed by atoms with Crippen LogP contribution in [-0.2, 0) is 6.54 Å². The van der Waals surface area contributed by atoms with Gasteiger partial charge in [0.15, 0.2) is 0 Å². The van der Waals surface area contributed by atoms with Crippen LogP contribution in [0.4, 0.5) is 0 Å². The highest BCUT2D eigenvalue weighted by Crippen LogP contribution is 2.18. The second-order valence-electron chi connectivity index (χ2n) is 5.55. The summed E-state index contributed by atoms with van der Waals surface area (Å²) < 4.78 is 2.34. The Labute approximate surface area is 110 Å². The third kappa shape index (κ3) is 2.50. The summed E-state index contributed by atoms with van der Waals surface area (Å²) in [5.41, 5.74) is 6.95. The fraction of sp³-hybridized carbons (Fsp3) is 0.412. The number of hydrogen-bond acceptors (Lipinski definition) is 0. The van der Waals surface area contributed by atoms with Gasteiger partial charge in [-0.3, -0.25) is 0 Å². The quantitative estimate of drug-likeness (QED) is 0.741. The molecule has 2 aromatic rings. The lowest BCUT2D eigenvalue weighted by Crippen LogP contribution is -2.01. The van der Waals surface area contributed by atoms with E-state index in [1.165, 1.54) is 27.9 Å². The highest BCUT2D eigenvalue weighted by Gasteiger charge is 2.06. The zero-order valence-corrected chi connectivity index (χ0v) is 12.1. The molecule has 0 aliphatic heterocycles. The van der Waals surface area contributed by atoms with Gasteiger partial charge < -0.3 is 4.57 Å². The Hall–Kier alpha value is -1.50. The monoisotopic (exact) mass is 241 g/mol. The van der Waals surface area contributed by atoms with Crippen LogP contribution >= 0.6 is 0 Å². The second kappa shape index (κ2) is 5.01. The molecule has 1 aromatic carbocycles. The molecule has 0 saturated heterocycles. The Morgan fingerprint density at radius 3 is 2.06 bits per heavy atom. The average molecular weight is 241 g/mol. The van der Waals surface area contributed by atoms with Crippen LogP contribution in [0.3, 0.4) is 0 Å². The van der Waals surface area contributed by atoms with Crippen molar-refractivity contribution in [3.05, 3.63) is 58.4 Å². The van der Waals surface area contributed by atoms with E-state index in [0.717, 1.165) is 6.54 Å². The van der Waals surface area contributed by atoms with Crippen LogP contribution in [0.1, 0.15) is 47.7 Å². The second-order valence-corrected chi connectivity index (χ2v) is 5.55. The summed E-state index contributed by atoms with van der Waals surface area (Å²) in [5.74, 6) is 0.608. The van der Waals surface area contributed by atoms with Crippen molar-refractivity contribution in [3.63, 3.8) is 0 Å². The first-order valence-electron chi connectivity index (χ1n) is 6.71. The molecular formula is C17H23N. The van der Waals surface area contributed by atoms with Crippen LogP contribution < -0.4 is 0 Å². The third-order valence-electron chi connectivity index (χ3n) is 3.91. The molecule has 0 saturated carbocycles. The largest absolute Gasteiger partial charge is 0.347 e. The van der Waals surface area contributed by atoms with Gasteiger partial charge in [0.25, 0.3) is 0 Å². The van der Waals surface area contributed by atoms with Crippen molar-refractivity contribution in [3.8, 4) is 0 Å². The molecule has 0 unspecified atom stereocenters. The number of rotatable bonds is 3. The van der Waals surface area contributed by atoms with Crippen molar-refractivity contribution in [2.75, 3.05) is 0 Å². The van der Waals surface area contributed by atoms with Gasteiger partial charge in [-0.1, -0.05) is 38.1 Å². The minimum atomic E-state index is 0.608. The molecule has 1 heterocycles. The normalized spacial score (nSPS) is 11.2. The molecule has 0 fully saturated rings. The van der Waals surface area contributed by atoms with Crippen molar-refractivity contribution in [2.24, 2.45) is 0 Å². The summed E-state index contributed by atoms with van der Waals surface area (Å²) in [7, 11) is 0. The number of aryl methyl sites for hydroxylation is 1. The van der Waals surface area contributed by atoms with Crippen LogP contribution in [0.5, 0.6) is 0 Å². The van der Waals surface area contributed by atoms with Crippen LogP contribution in [0.25, 0.3) is 0 Å². The Balaban J connectivity index is 2.21. The highest BCUT2D eigenvalue weighted by molar-refractivity contribution is 5.31. The van der Waals surface area contributed by atoms with Crippen molar-refractivity contribution in [2.45, 2.75) is 47.1 Å². The summed E-state index contributed by atoms with van der Waals surface area (Å²) in [5, 5.41) is 0. The van der Waals surface area contributed by atoms with Crippen LogP contribution in [-0.4, -0.2) is 4.57 Å². The van der Waals surface area contributed by atoms with Crippen molar-refractivity contribution < 1.29 is 0 Å². The molecule has 1 nitrogen and oxygen atoms in total. The van der Waals surface area contributed by atoms with Crippen molar-refractivity contribution in [1.82, 2.24) is 4.57 Å². The zero-order valence-electron chi connectivity index (χ0n) is 12.1. The maximum Gasteiger partial charge on any atom is 0.0472 e. The summed E-state index contributed by atoms with van der Waals surface area (Å²) in [6.45, 7) is 12.0. The van der Waals surface area contributed by atoms with Gasteiger partial charge in [0.05, 0.1) is 0 Å². The van der Waals surface area contributed by atoms with Gasteiger partial charge in [-0.2, -0.15) is 0 Å². The van der Waals surface area contributed by atoms with Crippen molar-refractivity contribution >= 4 is 0 Å². The van der Waals surface area contributed by atoms with E-state index in [4.69, 9.17) is 0 Å². The van der Waals surface area contributed by atoms with Gasteiger partial charge in [0.1, 0.15) is 0 Å². The zero-order chi connectivity index (χ0) is 13.3. The predicted molar refractivity (Wildman–Crippen MR) is 78.3 cm³/mol. The molecule has 2 rings (SSSR count). The first kappa shape index (κ1) is 12.9. The molecule has 0 spiro atoms. The Bertz CT molecular complexity index is 529. The molecule has 96 valence electrons. The first-order chi connectivity index (χ1) is 8.49. The first-order valence-corrected chi connectivity index (χ1v) is 6.71. The van der Waals surface area contributed by atoms with E-state index in [2.05, 4.69) is 69.6 Å². The molecule has 0 aliphatic carbocycles. The van der Waals surface area contributed by atoms with Gasteiger partial charge in [-0.15, -0.1) is 0 Å². The van der Waals surface area contributed by atoms with Crippen LogP contribution in [0, 0.1) is 20.8 Å². The fourth-order valence-electron chi connectivity index (χ4n) is 2.30. The predicted octanol–water partition coefficient (Wildman–Crippen LogP) is 4.59. The molecule has 0 radical (unpaired) electrons. The molecule has 0 aliphatic rings. The average Bonchev–Trinajstić information content (AvgIpc) is 2.58. The van der Waals surface area contributed by atoms with Gasteiger partial charge in [-0.05, 0) is 48.9 Å². The van der Waals surface area contributed by atoms with Gasteiger partial charge in [-0.25, -0.2) is 0 Å². The minimum Gasteiger partial charge on any atom is -0.347 e. The van der Waals surface area contributed by atoms with Gasteiger partial charge >= 0.3 is 0 Å². The summed E-state index contributed by atoms with van der Waals surface area (Å²) in [6, 6.07) is 9.00. The lowest BCUT2D eigenvalue weighted by molar-refractivity contribution is 0.770. The maximum absolute atomic E-state index is 2.34. The molecule has 18 heavy (non-hydrogen) atoms. The molecule has 0 N–H and O–H groups in total. The lowest BCUT2D eigenvalue weighted by Gasteiger charge is -2.09. The summed E-state index contributed by atoms with van der Waals surface area (Å²) in [6.07, 6.45) is 2.25. The van der Waals surface area contributed by atoms with E-state index >= 15 is 0 Å². The highest BCUT2D eigenvalue weighted by atomic mass is 15.0. The van der Waals surface area contributed by atoms with Crippen LogP contribution in [0.2, 0.25) is 0 Å². The van der Waals surface area contributed by atoms with E-state index in [9.17, 15) is 0 Å². The molecule has 1 heteroatoms. The smallest absolute Gasteiger partial charge is 0.0472 e. The number of hydrogen-bond donors (Lipinski definition) is 0. The fourth-order valence-corrected chi connectivity index (χ4v) is 2.30. The maximum atomic E-state index is 2.34. The Morgan fingerprint density at radius 2 is 1.61 bits per heavy atom. The Morgan fingerprint density at radius 1 is 1.00 bits per heavy atom. The molecule has 0 amide bonds. The van der Waals surface area contributed by atoms with Crippen molar-refractivity contribution in [1.29, 1.82) is 0 Å². The van der Waals surface area contributed by atoms with Gasteiger partial charge in [0, 0.05) is 18.4 Å². The minimum absolute atomic E-state index is 0.608. The molecule has 0 atom stereocenters. The standard InChI is InChI=1S/C17H23N/c1-12(2)17-8-6-16(7-9-17)11-18-10-13(3)14(4)15(18)5/h6-10,12H,11H2,1-5H3. The number of nitrogens with zero attached hydrogens (tertiary/aromatic N) is 1. The summed E-state index contributed by atoms with van der Waals surface area (Å²) in [4.78, 5) is 0. The van der Waals surface area contributed by atoms with E-state index in [1.54, 1.807) is 0 Å². The van der Waals surface area contributed by atoms with E-state index in [-0.39, 0.29) is 0 Å². The lowest BCUT2D eigenvalue weighted by atomic mass is 10.0.